The van der Waals surface area contributed by atoms with E-state index in [1.807, 2.05) is 38.1 Å². The highest BCUT2D eigenvalue weighted by Crippen LogP contribution is 2.52. The highest BCUT2D eigenvalue weighted by atomic mass is 16.6. The number of hydrogen-bond donors (Lipinski definition) is 0. The molecule has 2 aromatic carbocycles. The Hall–Kier alpha value is -3.74. The molecule has 0 saturated carbocycles. The summed E-state index contributed by atoms with van der Waals surface area (Å²) in [4.78, 5) is 22.6. The van der Waals surface area contributed by atoms with Gasteiger partial charge < -0.3 is 24.0 Å². The second kappa shape index (κ2) is 11.8. The first-order valence-electron chi connectivity index (χ1n) is 13.7. The van der Waals surface area contributed by atoms with Crippen LogP contribution in [0.1, 0.15) is 68.7 Å². The minimum atomic E-state index is -1.33. The molecule has 1 aliphatic rings. The van der Waals surface area contributed by atoms with Crippen LogP contribution in [0.5, 0.6) is 11.5 Å². The fraction of sp³-hybridized carbons (Fsp3) is 0.419. The second-order valence-corrected chi connectivity index (χ2v) is 9.04. The maximum Gasteiger partial charge on any atom is 0.341 e. The Balaban J connectivity index is 2.04. The van der Waals surface area contributed by atoms with Gasteiger partial charge in [0.15, 0.2) is 0 Å². The van der Waals surface area contributed by atoms with Crippen LogP contribution in [0.15, 0.2) is 54.7 Å². The predicted octanol–water partition coefficient (Wildman–Crippen LogP) is 6.03. The molecule has 3 aromatic rings. The average Bonchev–Trinajstić information content (AvgIpc) is 3.24. The van der Waals surface area contributed by atoms with Crippen LogP contribution in [0, 0.1) is 0 Å². The third-order valence-electron chi connectivity index (χ3n) is 7.15. The minimum Gasteiger partial charge on any atom is -0.493 e. The van der Waals surface area contributed by atoms with Crippen LogP contribution in [0.2, 0.25) is 0 Å². The van der Waals surface area contributed by atoms with Crippen molar-refractivity contribution in [2.75, 3.05) is 49.2 Å². The van der Waals surface area contributed by atoms with E-state index >= 15 is 0 Å². The first-order chi connectivity index (χ1) is 18.5. The minimum absolute atomic E-state index is 0.418. The Bertz CT molecular complexity index is 1200. The number of rotatable bonds is 12. The normalized spacial score (nSPS) is 13.6. The van der Waals surface area contributed by atoms with Gasteiger partial charge in [-0.15, -0.1) is 0 Å². The molecule has 0 saturated heterocycles. The lowest BCUT2D eigenvalue weighted by atomic mass is 9.81. The van der Waals surface area contributed by atoms with E-state index in [9.17, 15) is 4.79 Å². The summed E-state index contributed by atoms with van der Waals surface area (Å²) in [5.74, 6) is 0.885. The summed E-state index contributed by atoms with van der Waals surface area (Å²) in [6.07, 6.45) is 1.70. The van der Waals surface area contributed by atoms with Gasteiger partial charge in [-0.1, -0.05) is 0 Å². The van der Waals surface area contributed by atoms with Gasteiger partial charge in [0.25, 0.3) is 0 Å². The topological polar surface area (TPSA) is 64.1 Å². The van der Waals surface area contributed by atoms with Gasteiger partial charge in [-0.2, -0.15) is 0 Å². The molecule has 0 aliphatic carbocycles. The van der Waals surface area contributed by atoms with Gasteiger partial charge in [0.05, 0.1) is 18.8 Å². The predicted molar refractivity (Wildman–Crippen MR) is 152 cm³/mol. The molecule has 7 heteroatoms. The van der Waals surface area contributed by atoms with Gasteiger partial charge in [-0.3, -0.25) is 4.98 Å². The van der Waals surface area contributed by atoms with Crippen molar-refractivity contribution >= 4 is 17.3 Å². The molecule has 0 bridgehead atoms. The van der Waals surface area contributed by atoms with Crippen LogP contribution < -0.4 is 19.3 Å². The van der Waals surface area contributed by atoms with E-state index in [-0.39, 0.29) is 0 Å². The van der Waals surface area contributed by atoms with E-state index in [1.165, 1.54) is 0 Å². The van der Waals surface area contributed by atoms with E-state index in [0.717, 1.165) is 48.7 Å². The van der Waals surface area contributed by atoms with Crippen molar-refractivity contribution in [1.82, 2.24) is 4.98 Å². The zero-order valence-corrected chi connectivity index (χ0v) is 23.4. The van der Waals surface area contributed by atoms with E-state index in [0.29, 0.717) is 36.0 Å². The molecule has 4 rings (SSSR count). The highest BCUT2D eigenvalue weighted by Gasteiger charge is 2.53. The number of carbonyl (C=O) groups excluding carboxylic acids is 1. The number of anilines is 2. The number of aromatic nitrogens is 1. The Kier molecular flexibility index (Phi) is 8.45. The fourth-order valence-corrected chi connectivity index (χ4v) is 5.33. The monoisotopic (exact) mass is 517 g/mol. The second-order valence-electron chi connectivity index (χ2n) is 9.04. The van der Waals surface area contributed by atoms with Crippen molar-refractivity contribution in [3.8, 4) is 11.5 Å². The lowest BCUT2D eigenvalue weighted by Crippen LogP contribution is -2.32. The number of hydrogen-bond acceptors (Lipinski definition) is 7. The van der Waals surface area contributed by atoms with E-state index in [1.54, 1.807) is 18.3 Å². The van der Waals surface area contributed by atoms with Gasteiger partial charge in [-0.25, -0.2) is 4.79 Å². The van der Waals surface area contributed by atoms with Crippen LogP contribution in [-0.2, 0) is 10.3 Å². The standard InChI is InChI=1S/C31H39N3O4/c1-7-33(8-2)22-15-17-25(27(20-22)36-11-5)31(29-24(30(35)38-31)14-13-19-32-29)26-18-16-23(34(9-3)10-4)21-28(26)37-12-6/h13-21H,7-12H2,1-6H3. The van der Waals surface area contributed by atoms with Crippen LogP contribution in [-0.4, -0.2) is 50.3 Å². The summed E-state index contributed by atoms with van der Waals surface area (Å²) < 4.78 is 18.8. The zero-order valence-electron chi connectivity index (χ0n) is 23.4. The van der Waals surface area contributed by atoms with Crippen molar-refractivity contribution in [2.24, 2.45) is 0 Å². The molecule has 0 unspecified atom stereocenters. The number of esters is 1. The summed E-state index contributed by atoms with van der Waals surface area (Å²) in [6, 6.07) is 15.7. The molecule has 2 heterocycles. The number of carbonyl (C=O) groups is 1. The molecule has 0 atom stereocenters. The fourth-order valence-electron chi connectivity index (χ4n) is 5.33. The van der Waals surface area contributed by atoms with Gasteiger partial charge in [0.2, 0.25) is 5.60 Å². The first kappa shape index (κ1) is 27.3. The van der Waals surface area contributed by atoms with E-state index in [4.69, 9.17) is 19.2 Å². The van der Waals surface area contributed by atoms with Crippen molar-refractivity contribution < 1.29 is 19.0 Å². The maximum absolute atomic E-state index is 13.3. The molecule has 0 spiro atoms. The number of ether oxygens (including phenoxy) is 3. The number of fused-ring (bicyclic) bond motifs is 1. The third-order valence-corrected chi connectivity index (χ3v) is 7.15. The van der Waals surface area contributed by atoms with Crippen molar-refractivity contribution in [3.63, 3.8) is 0 Å². The van der Waals surface area contributed by atoms with Crippen molar-refractivity contribution in [1.29, 1.82) is 0 Å². The summed E-state index contributed by atoms with van der Waals surface area (Å²) in [5, 5.41) is 0. The lowest BCUT2D eigenvalue weighted by molar-refractivity contribution is 0.0228. The molecule has 7 nitrogen and oxygen atoms in total. The van der Waals surface area contributed by atoms with Crippen LogP contribution in [0.4, 0.5) is 11.4 Å². The van der Waals surface area contributed by atoms with E-state index in [2.05, 4.69) is 49.6 Å². The Morgan fingerprint density at radius 3 is 1.71 bits per heavy atom. The Labute approximate surface area is 226 Å². The van der Waals surface area contributed by atoms with Crippen molar-refractivity contribution in [2.45, 2.75) is 47.1 Å². The maximum atomic E-state index is 13.3. The van der Waals surface area contributed by atoms with Gasteiger partial charge in [0, 0.05) is 67.0 Å². The van der Waals surface area contributed by atoms with Gasteiger partial charge in [0.1, 0.15) is 17.2 Å². The summed E-state index contributed by atoms with van der Waals surface area (Å²) in [5.41, 5.74) is 3.19. The quantitative estimate of drug-likeness (QED) is 0.272. The zero-order chi connectivity index (χ0) is 27.3. The molecule has 0 radical (unpaired) electrons. The summed E-state index contributed by atoms with van der Waals surface area (Å²) >= 11 is 0. The van der Waals surface area contributed by atoms with Crippen LogP contribution in [0.25, 0.3) is 0 Å². The van der Waals surface area contributed by atoms with Crippen LogP contribution >= 0.6 is 0 Å². The molecule has 0 amide bonds. The SMILES string of the molecule is CCOc1cc(N(CC)CC)ccc1C1(c2ccc(N(CC)CC)cc2OCC)OC(=O)c2cccnc21. The molecule has 1 aromatic heterocycles. The smallest absolute Gasteiger partial charge is 0.341 e. The molecular weight excluding hydrogens is 478 g/mol. The largest absolute Gasteiger partial charge is 0.493 e. The molecule has 0 fully saturated rings. The van der Waals surface area contributed by atoms with Gasteiger partial charge >= 0.3 is 5.97 Å². The Morgan fingerprint density at radius 1 is 0.763 bits per heavy atom. The Morgan fingerprint density at radius 2 is 1.26 bits per heavy atom. The lowest BCUT2D eigenvalue weighted by Gasteiger charge is -2.33. The molecule has 202 valence electrons. The number of cyclic esters (lactones) is 1. The summed E-state index contributed by atoms with van der Waals surface area (Å²) in [7, 11) is 0. The van der Waals surface area contributed by atoms with Crippen LogP contribution in [0.3, 0.4) is 0 Å². The number of nitrogens with zero attached hydrogens (tertiary/aromatic N) is 3. The molecule has 0 N–H and O–H groups in total. The molecular formula is C31H39N3O4. The first-order valence-corrected chi connectivity index (χ1v) is 13.7. The average molecular weight is 518 g/mol. The van der Waals surface area contributed by atoms with Crippen molar-refractivity contribution in [3.05, 3.63) is 77.1 Å². The number of pyridine rings is 1. The molecule has 38 heavy (non-hydrogen) atoms. The molecule has 1 aliphatic heterocycles. The highest BCUT2D eigenvalue weighted by molar-refractivity contribution is 5.96. The number of benzene rings is 2. The van der Waals surface area contributed by atoms with E-state index < -0.39 is 11.6 Å². The van der Waals surface area contributed by atoms with Gasteiger partial charge in [-0.05, 0) is 77.9 Å². The third kappa shape index (κ3) is 4.66. The summed E-state index contributed by atoms with van der Waals surface area (Å²) in [6.45, 7) is 16.8.